The first-order valence-electron chi connectivity index (χ1n) is 8.58. The van der Waals surface area contributed by atoms with Gasteiger partial charge in [-0.3, -0.25) is 9.20 Å². The minimum atomic E-state index is -0.0241. The standard InChI is InChI=1S/C20H23N3O2/c1-4-18(15-8-10-17(25-3)11-9-15)21-13-16-12-20(24)23-14(2)6-5-7-19(23)22-16/h5-12,18,21H,4,13H2,1-3H3/p+1/t18-/m0/s1. The Kier molecular flexibility index (Phi) is 5.14. The van der Waals surface area contributed by atoms with Crippen LogP contribution in [-0.4, -0.2) is 16.5 Å². The number of ether oxygens (including phenoxy) is 1. The molecule has 1 aromatic carbocycles. The number of aromatic nitrogens is 2. The zero-order valence-corrected chi connectivity index (χ0v) is 14.9. The van der Waals surface area contributed by atoms with Crippen molar-refractivity contribution in [3.8, 4) is 5.75 Å². The van der Waals surface area contributed by atoms with Crippen LogP contribution < -0.4 is 15.6 Å². The van der Waals surface area contributed by atoms with Crippen LogP contribution in [0.5, 0.6) is 5.75 Å². The van der Waals surface area contributed by atoms with E-state index in [1.54, 1.807) is 17.6 Å². The molecule has 5 heteroatoms. The molecule has 0 aliphatic heterocycles. The third kappa shape index (κ3) is 3.72. The summed E-state index contributed by atoms with van der Waals surface area (Å²) in [6, 6.07) is 15.8. The second kappa shape index (κ2) is 7.49. The maximum atomic E-state index is 12.4. The number of fused-ring (bicyclic) bond motifs is 1. The molecule has 2 N–H and O–H groups in total. The van der Waals surface area contributed by atoms with E-state index in [2.05, 4.69) is 29.4 Å². The molecule has 0 saturated carbocycles. The highest BCUT2D eigenvalue weighted by atomic mass is 16.5. The number of quaternary nitrogens is 1. The average molecular weight is 338 g/mol. The van der Waals surface area contributed by atoms with Crippen LogP contribution in [0.15, 0.2) is 53.3 Å². The number of pyridine rings is 1. The van der Waals surface area contributed by atoms with Crippen LogP contribution in [0.4, 0.5) is 0 Å². The molecule has 0 radical (unpaired) electrons. The topological polar surface area (TPSA) is 60.2 Å². The molecule has 0 aliphatic carbocycles. The van der Waals surface area contributed by atoms with E-state index in [0.717, 1.165) is 23.6 Å². The quantitative estimate of drug-likeness (QED) is 0.750. The van der Waals surface area contributed by atoms with E-state index in [0.29, 0.717) is 18.2 Å². The zero-order chi connectivity index (χ0) is 17.8. The van der Waals surface area contributed by atoms with Crippen LogP contribution in [0.1, 0.15) is 36.3 Å². The number of rotatable bonds is 6. The SMILES string of the molecule is CC[C@H]([NH2+]Cc1cc(=O)n2c(C)cccc2n1)c1ccc(OC)cc1. The highest BCUT2D eigenvalue weighted by Gasteiger charge is 2.14. The molecule has 0 fully saturated rings. The summed E-state index contributed by atoms with van der Waals surface area (Å²) in [5, 5.41) is 2.23. The summed E-state index contributed by atoms with van der Waals surface area (Å²) in [6.07, 6.45) is 0.998. The Hall–Kier alpha value is -2.66. The molecular formula is C20H24N3O2+. The molecule has 0 amide bonds. The first-order chi connectivity index (χ1) is 12.1. The Bertz CT molecular complexity index is 916. The van der Waals surface area contributed by atoms with Crippen molar-refractivity contribution in [3.05, 3.63) is 75.8 Å². The number of methoxy groups -OCH3 is 1. The van der Waals surface area contributed by atoms with Gasteiger partial charge in [-0.15, -0.1) is 0 Å². The van der Waals surface area contributed by atoms with Crippen molar-refractivity contribution < 1.29 is 10.1 Å². The lowest BCUT2D eigenvalue weighted by molar-refractivity contribution is -0.711. The fourth-order valence-corrected chi connectivity index (χ4v) is 3.12. The monoisotopic (exact) mass is 338 g/mol. The molecular weight excluding hydrogens is 314 g/mol. The van der Waals surface area contributed by atoms with Crippen molar-refractivity contribution >= 4 is 5.65 Å². The number of benzene rings is 1. The Morgan fingerprint density at radius 3 is 2.64 bits per heavy atom. The van der Waals surface area contributed by atoms with E-state index in [9.17, 15) is 4.79 Å². The summed E-state index contributed by atoms with van der Waals surface area (Å²) in [7, 11) is 1.67. The largest absolute Gasteiger partial charge is 0.497 e. The minimum Gasteiger partial charge on any atom is -0.497 e. The van der Waals surface area contributed by atoms with Crippen molar-refractivity contribution in [2.45, 2.75) is 32.9 Å². The minimum absolute atomic E-state index is 0.0241. The lowest BCUT2D eigenvalue weighted by atomic mass is 10.0. The lowest BCUT2D eigenvalue weighted by Gasteiger charge is -2.14. The average Bonchev–Trinajstić information content (AvgIpc) is 2.62. The van der Waals surface area contributed by atoms with E-state index in [4.69, 9.17) is 4.74 Å². The maximum Gasteiger partial charge on any atom is 0.258 e. The van der Waals surface area contributed by atoms with E-state index in [1.165, 1.54) is 5.56 Å². The Labute approximate surface area is 147 Å². The summed E-state index contributed by atoms with van der Waals surface area (Å²) >= 11 is 0. The van der Waals surface area contributed by atoms with E-state index in [1.807, 2.05) is 37.3 Å². The van der Waals surface area contributed by atoms with Gasteiger partial charge in [0.1, 0.15) is 29.7 Å². The van der Waals surface area contributed by atoms with Gasteiger partial charge in [0.25, 0.3) is 5.56 Å². The summed E-state index contributed by atoms with van der Waals surface area (Å²) in [5.74, 6) is 0.859. The molecule has 0 aliphatic rings. The van der Waals surface area contributed by atoms with Crippen LogP contribution in [0.3, 0.4) is 0 Å². The summed E-state index contributed by atoms with van der Waals surface area (Å²) in [4.78, 5) is 17.0. The van der Waals surface area contributed by atoms with Gasteiger partial charge in [-0.2, -0.15) is 0 Å². The molecule has 0 unspecified atom stereocenters. The van der Waals surface area contributed by atoms with Crippen LogP contribution >= 0.6 is 0 Å². The van der Waals surface area contributed by atoms with E-state index < -0.39 is 0 Å². The first-order valence-corrected chi connectivity index (χ1v) is 8.58. The molecule has 25 heavy (non-hydrogen) atoms. The van der Waals surface area contributed by atoms with Crippen molar-refractivity contribution in [3.63, 3.8) is 0 Å². The Morgan fingerprint density at radius 2 is 1.96 bits per heavy atom. The lowest BCUT2D eigenvalue weighted by Crippen LogP contribution is -2.83. The molecule has 3 aromatic rings. The molecule has 5 nitrogen and oxygen atoms in total. The molecule has 2 heterocycles. The molecule has 1 atom stereocenters. The fraction of sp³-hybridized carbons (Fsp3) is 0.300. The van der Waals surface area contributed by atoms with Crippen molar-refractivity contribution in [2.24, 2.45) is 0 Å². The molecule has 130 valence electrons. The third-order valence-electron chi connectivity index (χ3n) is 4.53. The number of hydrogen-bond donors (Lipinski definition) is 1. The summed E-state index contributed by atoms with van der Waals surface area (Å²) < 4.78 is 6.86. The van der Waals surface area contributed by atoms with Gasteiger partial charge in [-0.1, -0.05) is 13.0 Å². The van der Waals surface area contributed by atoms with Crippen molar-refractivity contribution in [1.82, 2.24) is 9.38 Å². The van der Waals surface area contributed by atoms with E-state index in [-0.39, 0.29) is 5.56 Å². The van der Waals surface area contributed by atoms with Crippen LogP contribution in [-0.2, 0) is 6.54 Å². The zero-order valence-electron chi connectivity index (χ0n) is 14.9. The van der Waals surface area contributed by atoms with E-state index >= 15 is 0 Å². The number of nitrogens with zero attached hydrogens (tertiary/aromatic N) is 2. The fourth-order valence-electron chi connectivity index (χ4n) is 3.12. The molecule has 3 rings (SSSR count). The highest BCUT2D eigenvalue weighted by Crippen LogP contribution is 2.17. The van der Waals surface area contributed by atoms with Crippen molar-refractivity contribution in [1.29, 1.82) is 0 Å². The molecule has 0 bridgehead atoms. The second-order valence-corrected chi connectivity index (χ2v) is 6.17. The van der Waals surface area contributed by atoms with Crippen LogP contribution in [0.25, 0.3) is 5.65 Å². The van der Waals surface area contributed by atoms with Gasteiger partial charge in [0.2, 0.25) is 0 Å². The predicted octanol–water partition coefficient (Wildman–Crippen LogP) is 2.23. The van der Waals surface area contributed by atoms with Crippen molar-refractivity contribution in [2.75, 3.05) is 7.11 Å². The summed E-state index contributed by atoms with van der Waals surface area (Å²) in [5.41, 5.74) is 3.63. The maximum absolute atomic E-state index is 12.4. The molecule has 2 aromatic heterocycles. The smallest absolute Gasteiger partial charge is 0.258 e. The van der Waals surface area contributed by atoms with Gasteiger partial charge in [0, 0.05) is 23.7 Å². The normalized spacial score (nSPS) is 12.3. The number of nitrogens with two attached hydrogens (primary N) is 1. The second-order valence-electron chi connectivity index (χ2n) is 6.17. The highest BCUT2D eigenvalue weighted by molar-refractivity contribution is 5.40. The number of aryl methyl sites for hydroxylation is 1. The molecule has 0 spiro atoms. The first kappa shape index (κ1) is 17.2. The van der Waals surface area contributed by atoms with Crippen LogP contribution in [0.2, 0.25) is 0 Å². The van der Waals surface area contributed by atoms with Gasteiger partial charge in [-0.25, -0.2) is 4.98 Å². The Balaban J connectivity index is 1.79. The van der Waals surface area contributed by atoms with Gasteiger partial charge < -0.3 is 10.1 Å². The van der Waals surface area contributed by atoms with Gasteiger partial charge in [-0.05, 0) is 43.3 Å². The van der Waals surface area contributed by atoms with Gasteiger partial charge >= 0.3 is 0 Å². The predicted molar refractivity (Wildman–Crippen MR) is 97.9 cm³/mol. The Morgan fingerprint density at radius 1 is 1.20 bits per heavy atom. The summed E-state index contributed by atoms with van der Waals surface area (Å²) in [6.45, 7) is 4.75. The van der Waals surface area contributed by atoms with Crippen LogP contribution in [0, 0.1) is 6.92 Å². The van der Waals surface area contributed by atoms with Gasteiger partial charge in [0.05, 0.1) is 7.11 Å². The number of hydrogen-bond acceptors (Lipinski definition) is 3. The third-order valence-corrected chi connectivity index (χ3v) is 4.53. The van der Waals surface area contributed by atoms with Gasteiger partial charge in [0.15, 0.2) is 0 Å². The molecule has 0 saturated heterocycles.